The third-order valence-corrected chi connectivity index (χ3v) is 3.09. The first-order valence-electron chi connectivity index (χ1n) is 7.52. The van der Waals surface area contributed by atoms with Gasteiger partial charge in [-0.15, -0.1) is 0 Å². The molecule has 1 aromatic carbocycles. The van der Waals surface area contributed by atoms with Crippen LogP contribution in [0.15, 0.2) is 30.3 Å². The summed E-state index contributed by atoms with van der Waals surface area (Å²) in [6.07, 6.45) is 0.295. The number of benzene rings is 1. The average Bonchev–Trinajstić information content (AvgIpc) is 2.45. The number of likely N-dealkylation sites (N-methyl/N-ethyl adjacent to an activating group) is 1. The van der Waals surface area contributed by atoms with Crippen LogP contribution in [-0.2, 0) is 15.9 Å². The molecule has 22 heavy (non-hydrogen) atoms. The third-order valence-electron chi connectivity index (χ3n) is 3.09. The number of aliphatic hydroxyl groups is 1. The Kier molecular flexibility index (Phi) is 7.35. The molecule has 5 heteroatoms. The SMILES string of the molecule is CN(C(=O)OC(C)(C)C)C(COCCO)Cc1ccccc1. The normalized spacial score (nSPS) is 12.8. The molecule has 0 spiro atoms. The number of nitrogens with zero attached hydrogens (tertiary/aromatic N) is 1. The smallest absolute Gasteiger partial charge is 0.410 e. The van der Waals surface area contributed by atoms with Crippen molar-refractivity contribution < 1.29 is 19.4 Å². The van der Waals surface area contributed by atoms with Gasteiger partial charge in [0, 0.05) is 7.05 Å². The van der Waals surface area contributed by atoms with Crippen LogP contribution in [0.25, 0.3) is 0 Å². The molecule has 1 unspecified atom stereocenters. The molecule has 0 bridgehead atoms. The molecule has 0 aromatic heterocycles. The standard InChI is InChI=1S/C17H27NO4/c1-17(2,3)22-16(20)18(4)15(13-21-11-10-19)12-14-8-6-5-7-9-14/h5-9,15,19H,10-13H2,1-4H3. The van der Waals surface area contributed by atoms with Gasteiger partial charge >= 0.3 is 6.09 Å². The zero-order chi connectivity index (χ0) is 16.6. The van der Waals surface area contributed by atoms with Crippen LogP contribution >= 0.6 is 0 Å². The molecule has 0 heterocycles. The molecule has 5 nitrogen and oxygen atoms in total. The van der Waals surface area contributed by atoms with Crippen LogP contribution in [-0.4, -0.2) is 54.6 Å². The van der Waals surface area contributed by atoms with Crippen molar-refractivity contribution in [2.24, 2.45) is 0 Å². The second kappa shape index (κ2) is 8.76. The van der Waals surface area contributed by atoms with Crippen LogP contribution in [0.2, 0.25) is 0 Å². The van der Waals surface area contributed by atoms with Crippen molar-refractivity contribution in [2.45, 2.75) is 38.8 Å². The molecule has 1 amide bonds. The van der Waals surface area contributed by atoms with Gasteiger partial charge in [0.1, 0.15) is 5.60 Å². The van der Waals surface area contributed by atoms with Gasteiger partial charge in [0.25, 0.3) is 0 Å². The number of aliphatic hydroxyl groups excluding tert-OH is 1. The number of hydrogen-bond donors (Lipinski definition) is 1. The van der Waals surface area contributed by atoms with E-state index in [-0.39, 0.29) is 25.3 Å². The van der Waals surface area contributed by atoms with E-state index in [9.17, 15) is 4.79 Å². The van der Waals surface area contributed by atoms with Crippen LogP contribution < -0.4 is 0 Å². The molecule has 0 radical (unpaired) electrons. The fourth-order valence-electron chi connectivity index (χ4n) is 1.96. The highest BCUT2D eigenvalue weighted by Gasteiger charge is 2.25. The molecule has 124 valence electrons. The molecule has 1 atom stereocenters. The van der Waals surface area contributed by atoms with E-state index in [0.29, 0.717) is 13.0 Å². The van der Waals surface area contributed by atoms with Crippen LogP contribution in [0.4, 0.5) is 4.79 Å². The zero-order valence-electron chi connectivity index (χ0n) is 13.9. The highest BCUT2D eigenvalue weighted by molar-refractivity contribution is 5.68. The van der Waals surface area contributed by atoms with Gasteiger partial charge in [-0.05, 0) is 32.8 Å². The first-order valence-corrected chi connectivity index (χ1v) is 7.52. The van der Waals surface area contributed by atoms with Crippen LogP contribution in [0.5, 0.6) is 0 Å². The van der Waals surface area contributed by atoms with E-state index in [0.717, 1.165) is 5.56 Å². The molecule has 0 aliphatic rings. The fraction of sp³-hybridized carbons (Fsp3) is 0.588. The maximum absolute atomic E-state index is 12.2. The van der Waals surface area contributed by atoms with Gasteiger partial charge in [-0.25, -0.2) is 4.79 Å². The van der Waals surface area contributed by atoms with Gasteiger partial charge in [0.05, 0.1) is 25.9 Å². The van der Waals surface area contributed by atoms with Crippen molar-refractivity contribution >= 4 is 6.09 Å². The number of carbonyl (C=O) groups is 1. The molecule has 1 N–H and O–H groups in total. The maximum Gasteiger partial charge on any atom is 0.410 e. The minimum atomic E-state index is -0.533. The van der Waals surface area contributed by atoms with Crippen molar-refractivity contribution in [3.05, 3.63) is 35.9 Å². The molecular formula is C17H27NO4. The lowest BCUT2D eigenvalue weighted by Crippen LogP contribution is -2.44. The quantitative estimate of drug-likeness (QED) is 0.786. The minimum Gasteiger partial charge on any atom is -0.444 e. The maximum atomic E-state index is 12.2. The third kappa shape index (κ3) is 6.91. The summed E-state index contributed by atoms with van der Waals surface area (Å²) in [5, 5.41) is 8.84. The Morgan fingerprint density at radius 2 is 1.91 bits per heavy atom. The lowest BCUT2D eigenvalue weighted by Gasteiger charge is -2.30. The Bertz CT molecular complexity index is 442. The molecule has 0 saturated heterocycles. The van der Waals surface area contributed by atoms with Crippen molar-refractivity contribution in [3.63, 3.8) is 0 Å². The molecule has 1 aromatic rings. The number of hydrogen-bond acceptors (Lipinski definition) is 4. The van der Waals surface area contributed by atoms with E-state index in [4.69, 9.17) is 14.6 Å². The summed E-state index contributed by atoms with van der Waals surface area (Å²) in [4.78, 5) is 13.8. The summed E-state index contributed by atoms with van der Waals surface area (Å²) in [5.74, 6) is 0. The van der Waals surface area contributed by atoms with E-state index in [2.05, 4.69) is 0 Å². The monoisotopic (exact) mass is 309 g/mol. The molecule has 0 saturated carbocycles. The van der Waals surface area contributed by atoms with E-state index in [1.165, 1.54) is 0 Å². The molecule has 0 fully saturated rings. The molecule has 1 rings (SSSR count). The average molecular weight is 309 g/mol. The number of ether oxygens (including phenoxy) is 2. The number of carbonyl (C=O) groups excluding carboxylic acids is 1. The van der Waals surface area contributed by atoms with Gasteiger partial charge < -0.3 is 19.5 Å². The van der Waals surface area contributed by atoms with Crippen molar-refractivity contribution in [3.8, 4) is 0 Å². The number of amides is 1. The summed E-state index contributed by atoms with van der Waals surface area (Å²) in [5.41, 5.74) is 0.588. The predicted octanol–water partition coefficient (Wildman–Crippen LogP) is 2.47. The second-order valence-corrected chi connectivity index (χ2v) is 6.23. The van der Waals surface area contributed by atoms with E-state index in [1.807, 2.05) is 51.1 Å². The second-order valence-electron chi connectivity index (χ2n) is 6.23. The summed E-state index contributed by atoms with van der Waals surface area (Å²) < 4.78 is 10.8. The topological polar surface area (TPSA) is 59.0 Å². The Morgan fingerprint density at radius 1 is 1.27 bits per heavy atom. The Hall–Kier alpha value is -1.59. The first kappa shape index (κ1) is 18.5. The van der Waals surface area contributed by atoms with Crippen molar-refractivity contribution in [2.75, 3.05) is 26.9 Å². The summed E-state index contributed by atoms with van der Waals surface area (Å²) in [6, 6.07) is 9.77. The zero-order valence-corrected chi connectivity index (χ0v) is 13.9. The lowest BCUT2D eigenvalue weighted by molar-refractivity contribution is 0.00485. The summed E-state index contributed by atoms with van der Waals surface area (Å²) >= 11 is 0. The minimum absolute atomic E-state index is 0.0335. The Morgan fingerprint density at radius 3 is 2.45 bits per heavy atom. The first-order chi connectivity index (χ1) is 10.3. The lowest BCUT2D eigenvalue weighted by atomic mass is 10.1. The van der Waals surface area contributed by atoms with Crippen LogP contribution in [0.3, 0.4) is 0 Å². The number of rotatable bonds is 7. The Balaban J connectivity index is 2.73. The van der Waals surface area contributed by atoms with E-state index >= 15 is 0 Å². The highest BCUT2D eigenvalue weighted by atomic mass is 16.6. The highest BCUT2D eigenvalue weighted by Crippen LogP contribution is 2.14. The fourth-order valence-corrected chi connectivity index (χ4v) is 1.96. The van der Waals surface area contributed by atoms with Gasteiger partial charge in [0.2, 0.25) is 0 Å². The van der Waals surface area contributed by atoms with Crippen molar-refractivity contribution in [1.29, 1.82) is 0 Å². The van der Waals surface area contributed by atoms with Gasteiger partial charge in [-0.1, -0.05) is 30.3 Å². The molecular weight excluding hydrogens is 282 g/mol. The molecule has 0 aliphatic heterocycles. The Labute approximate surface area is 132 Å². The van der Waals surface area contributed by atoms with E-state index in [1.54, 1.807) is 11.9 Å². The van der Waals surface area contributed by atoms with E-state index < -0.39 is 5.60 Å². The summed E-state index contributed by atoms with van der Waals surface area (Å²) in [6.45, 7) is 6.10. The predicted molar refractivity (Wildman–Crippen MR) is 85.8 cm³/mol. The largest absolute Gasteiger partial charge is 0.444 e. The van der Waals surface area contributed by atoms with Crippen molar-refractivity contribution in [1.82, 2.24) is 4.90 Å². The summed E-state index contributed by atoms with van der Waals surface area (Å²) in [7, 11) is 1.71. The van der Waals surface area contributed by atoms with Gasteiger partial charge in [0.15, 0.2) is 0 Å². The van der Waals surface area contributed by atoms with Crippen LogP contribution in [0.1, 0.15) is 26.3 Å². The molecule has 0 aliphatic carbocycles. The van der Waals surface area contributed by atoms with Gasteiger partial charge in [-0.2, -0.15) is 0 Å². The van der Waals surface area contributed by atoms with Crippen LogP contribution in [0, 0.1) is 0 Å². The van der Waals surface area contributed by atoms with Gasteiger partial charge in [-0.3, -0.25) is 0 Å².